The van der Waals surface area contributed by atoms with Gasteiger partial charge in [-0.15, -0.1) is 23.2 Å². The second-order valence-electron chi connectivity index (χ2n) is 5.74. The van der Waals surface area contributed by atoms with Crippen LogP contribution in [-0.2, 0) is 9.47 Å². The molecule has 2 aliphatic rings. The van der Waals surface area contributed by atoms with Gasteiger partial charge in [-0.3, -0.25) is 10.1 Å². The van der Waals surface area contributed by atoms with E-state index >= 15 is 0 Å². The average Bonchev–Trinajstić information content (AvgIpc) is 3.07. The fourth-order valence-corrected chi connectivity index (χ4v) is 3.72. The third-order valence-electron chi connectivity index (χ3n) is 4.26. The van der Waals surface area contributed by atoms with Crippen molar-refractivity contribution in [3.8, 4) is 0 Å². The van der Waals surface area contributed by atoms with Crippen molar-refractivity contribution in [2.75, 3.05) is 13.2 Å². The molecule has 0 bridgehead atoms. The maximum Gasteiger partial charge on any atom is 0.269 e. The van der Waals surface area contributed by atoms with Crippen LogP contribution in [0.15, 0.2) is 24.3 Å². The van der Waals surface area contributed by atoms with E-state index in [-0.39, 0.29) is 23.8 Å². The SMILES string of the molecule is O=[N+]([O-])c1ccc([C@@H]2[C@@H](COC3CCCCO3)C2(Cl)Cl)cc1. The van der Waals surface area contributed by atoms with E-state index in [1.54, 1.807) is 12.1 Å². The molecule has 0 aromatic heterocycles. The number of ether oxygens (including phenoxy) is 2. The number of non-ortho nitro benzene ring substituents is 1. The number of alkyl halides is 2. The number of nitro benzene ring substituents is 1. The molecule has 1 saturated carbocycles. The highest BCUT2D eigenvalue weighted by atomic mass is 35.5. The van der Waals surface area contributed by atoms with Gasteiger partial charge in [-0.2, -0.15) is 0 Å². The van der Waals surface area contributed by atoms with Crippen molar-refractivity contribution in [2.24, 2.45) is 5.92 Å². The molecule has 7 heteroatoms. The minimum atomic E-state index is -0.884. The first-order valence-electron chi connectivity index (χ1n) is 7.35. The van der Waals surface area contributed by atoms with E-state index in [1.807, 2.05) is 0 Å². The predicted octanol–water partition coefficient (Wildman–Crippen LogP) is 4.03. The van der Waals surface area contributed by atoms with Gasteiger partial charge in [-0.05, 0) is 24.8 Å². The van der Waals surface area contributed by atoms with E-state index < -0.39 is 9.26 Å². The summed E-state index contributed by atoms with van der Waals surface area (Å²) in [5.41, 5.74) is 0.955. The zero-order valence-electron chi connectivity index (χ0n) is 11.9. The molecular weight excluding hydrogens is 329 g/mol. The van der Waals surface area contributed by atoms with Crippen LogP contribution in [0.5, 0.6) is 0 Å². The summed E-state index contributed by atoms with van der Waals surface area (Å²) in [4.78, 5) is 10.3. The zero-order valence-corrected chi connectivity index (χ0v) is 13.4. The number of rotatable bonds is 5. The fourth-order valence-electron chi connectivity index (χ4n) is 2.91. The van der Waals surface area contributed by atoms with Gasteiger partial charge in [0.2, 0.25) is 0 Å². The number of halogens is 2. The fraction of sp³-hybridized carbons (Fsp3) is 0.600. The minimum absolute atomic E-state index is 0.0252. The maximum absolute atomic E-state index is 10.7. The molecule has 1 aromatic carbocycles. The normalized spacial score (nSPS) is 30.0. The largest absolute Gasteiger partial charge is 0.353 e. The van der Waals surface area contributed by atoms with Gasteiger partial charge in [0.15, 0.2) is 6.29 Å². The Morgan fingerprint density at radius 1 is 1.32 bits per heavy atom. The number of hydrogen-bond donors (Lipinski definition) is 0. The van der Waals surface area contributed by atoms with Crippen LogP contribution in [0.2, 0.25) is 0 Å². The van der Waals surface area contributed by atoms with Gasteiger partial charge in [0.25, 0.3) is 5.69 Å². The molecule has 3 atom stereocenters. The van der Waals surface area contributed by atoms with Crippen LogP contribution in [0.4, 0.5) is 5.69 Å². The van der Waals surface area contributed by atoms with E-state index in [9.17, 15) is 10.1 Å². The van der Waals surface area contributed by atoms with Crippen molar-refractivity contribution in [3.05, 3.63) is 39.9 Å². The molecule has 1 saturated heterocycles. The van der Waals surface area contributed by atoms with Crippen molar-refractivity contribution < 1.29 is 14.4 Å². The lowest BCUT2D eigenvalue weighted by molar-refractivity contribution is -0.384. The summed E-state index contributed by atoms with van der Waals surface area (Å²) in [7, 11) is 0. The van der Waals surface area contributed by atoms with Gasteiger partial charge < -0.3 is 9.47 Å². The third kappa shape index (κ3) is 3.23. The first kappa shape index (κ1) is 16.0. The minimum Gasteiger partial charge on any atom is -0.353 e. The third-order valence-corrected chi connectivity index (χ3v) is 5.30. The lowest BCUT2D eigenvalue weighted by Crippen LogP contribution is -2.23. The van der Waals surface area contributed by atoms with Crippen LogP contribution >= 0.6 is 23.2 Å². The highest BCUT2D eigenvalue weighted by molar-refractivity contribution is 6.52. The Kier molecular flexibility index (Phi) is 4.59. The summed E-state index contributed by atoms with van der Waals surface area (Å²) in [5.74, 6) is -0.0944. The topological polar surface area (TPSA) is 61.6 Å². The van der Waals surface area contributed by atoms with E-state index in [2.05, 4.69) is 0 Å². The standard InChI is InChI=1S/C15H17Cl2NO4/c16-15(17)12(9-22-13-3-1-2-8-21-13)14(15)10-4-6-11(7-5-10)18(19)20/h4-7,12-14H,1-3,8-9H2/t12-,13?,14-/m1/s1. The van der Waals surface area contributed by atoms with Crippen molar-refractivity contribution >= 4 is 28.9 Å². The molecule has 22 heavy (non-hydrogen) atoms. The van der Waals surface area contributed by atoms with E-state index in [1.165, 1.54) is 12.1 Å². The molecule has 1 unspecified atom stereocenters. The van der Waals surface area contributed by atoms with Crippen molar-refractivity contribution in [1.82, 2.24) is 0 Å². The highest BCUT2D eigenvalue weighted by Gasteiger charge is 2.63. The van der Waals surface area contributed by atoms with Crippen LogP contribution in [-0.4, -0.2) is 28.8 Å². The highest BCUT2D eigenvalue weighted by Crippen LogP contribution is 2.65. The number of nitrogens with zero attached hydrogens (tertiary/aromatic N) is 1. The van der Waals surface area contributed by atoms with Crippen molar-refractivity contribution in [3.63, 3.8) is 0 Å². The second-order valence-corrected chi connectivity index (χ2v) is 7.18. The Morgan fingerprint density at radius 2 is 2.05 bits per heavy atom. The zero-order chi connectivity index (χ0) is 15.7. The molecular formula is C15H17Cl2NO4. The van der Waals surface area contributed by atoms with Crippen LogP contribution in [0.25, 0.3) is 0 Å². The van der Waals surface area contributed by atoms with Gasteiger partial charge in [0, 0.05) is 30.6 Å². The second kappa shape index (κ2) is 6.32. The molecule has 2 fully saturated rings. The summed E-state index contributed by atoms with van der Waals surface area (Å²) in [5, 5.41) is 10.7. The van der Waals surface area contributed by atoms with Crippen LogP contribution in [0, 0.1) is 16.0 Å². The Balaban J connectivity index is 1.60. The van der Waals surface area contributed by atoms with Gasteiger partial charge in [0.1, 0.15) is 4.33 Å². The summed E-state index contributed by atoms with van der Waals surface area (Å²) >= 11 is 12.7. The van der Waals surface area contributed by atoms with Gasteiger partial charge in [-0.1, -0.05) is 12.1 Å². The Labute approximate surface area is 138 Å². The molecule has 0 spiro atoms. The first-order valence-corrected chi connectivity index (χ1v) is 8.11. The number of nitro groups is 1. The van der Waals surface area contributed by atoms with Crippen LogP contribution in [0.3, 0.4) is 0 Å². The molecule has 3 rings (SSSR count). The Morgan fingerprint density at radius 3 is 2.64 bits per heavy atom. The summed E-state index contributed by atoms with van der Waals surface area (Å²) in [6, 6.07) is 6.36. The first-order chi connectivity index (χ1) is 10.5. The molecule has 0 radical (unpaired) electrons. The molecule has 0 amide bonds. The molecule has 1 aliphatic carbocycles. The van der Waals surface area contributed by atoms with E-state index in [4.69, 9.17) is 32.7 Å². The van der Waals surface area contributed by atoms with Gasteiger partial charge in [-0.25, -0.2) is 0 Å². The van der Waals surface area contributed by atoms with Gasteiger partial charge in [0.05, 0.1) is 11.5 Å². The Hall–Kier alpha value is -0.880. The smallest absolute Gasteiger partial charge is 0.269 e. The lowest BCUT2D eigenvalue weighted by Gasteiger charge is -2.22. The molecule has 0 N–H and O–H groups in total. The summed E-state index contributed by atoms with van der Waals surface area (Å²) in [6.07, 6.45) is 2.90. The molecule has 1 aliphatic heterocycles. The Bertz CT molecular complexity index is 543. The van der Waals surface area contributed by atoms with E-state index in [0.29, 0.717) is 6.61 Å². The molecule has 1 aromatic rings. The molecule has 120 valence electrons. The molecule has 1 heterocycles. The number of hydrogen-bond acceptors (Lipinski definition) is 4. The van der Waals surface area contributed by atoms with E-state index in [0.717, 1.165) is 31.4 Å². The number of benzene rings is 1. The van der Waals surface area contributed by atoms with Crippen LogP contribution < -0.4 is 0 Å². The van der Waals surface area contributed by atoms with Gasteiger partial charge >= 0.3 is 0 Å². The van der Waals surface area contributed by atoms with Crippen molar-refractivity contribution in [1.29, 1.82) is 0 Å². The summed E-state index contributed by atoms with van der Waals surface area (Å²) in [6.45, 7) is 1.16. The molecule has 5 nitrogen and oxygen atoms in total. The predicted molar refractivity (Wildman–Crippen MR) is 83.3 cm³/mol. The quantitative estimate of drug-likeness (QED) is 0.459. The monoisotopic (exact) mass is 345 g/mol. The van der Waals surface area contributed by atoms with Crippen molar-refractivity contribution in [2.45, 2.75) is 35.8 Å². The maximum atomic E-state index is 10.7. The van der Waals surface area contributed by atoms with Crippen LogP contribution in [0.1, 0.15) is 30.7 Å². The lowest BCUT2D eigenvalue weighted by atomic mass is 10.1. The average molecular weight is 346 g/mol. The summed E-state index contributed by atoms with van der Waals surface area (Å²) < 4.78 is 10.4.